The van der Waals surface area contributed by atoms with Crippen molar-refractivity contribution in [1.29, 1.82) is 0 Å². The summed E-state index contributed by atoms with van der Waals surface area (Å²) >= 11 is 5.77. The van der Waals surface area contributed by atoms with E-state index in [-0.39, 0.29) is 15.6 Å². The van der Waals surface area contributed by atoms with Gasteiger partial charge in [-0.15, -0.1) is 0 Å². The fourth-order valence-corrected chi connectivity index (χ4v) is 3.31. The van der Waals surface area contributed by atoms with Crippen molar-refractivity contribution >= 4 is 39.1 Å². The number of anilines is 2. The first kappa shape index (κ1) is 17.0. The van der Waals surface area contributed by atoms with Gasteiger partial charge in [0.15, 0.2) is 0 Å². The van der Waals surface area contributed by atoms with Crippen LogP contribution in [0.25, 0.3) is 0 Å². The van der Waals surface area contributed by atoms with Crippen molar-refractivity contribution in [2.24, 2.45) is 0 Å². The third-order valence-corrected chi connectivity index (χ3v) is 4.59. The van der Waals surface area contributed by atoms with Gasteiger partial charge in [-0.05, 0) is 36.4 Å². The molecule has 0 aliphatic heterocycles. The van der Waals surface area contributed by atoms with E-state index >= 15 is 0 Å². The molecule has 0 radical (unpaired) electrons. The molecule has 0 atom stereocenters. The van der Waals surface area contributed by atoms with Gasteiger partial charge in [0.25, 0.3) is 10.0 Å². The Hall–Kier alpha value is -2.32. The summed E-state index contributed by atoms with van der Waals surface area (Å²) in [6, 6.07) is 8.94. The fraction of sp³-hybridized carbons (Fsp3) is 0.0714. The molecule has 23 heavy (non-hydrogen) atoms. The molecule has 9 heteroatoms. The van der Waals surface area contributed by atoms with Crippen LogP contribution >= 0.6 is 11.6 Å². The van der Waals surface area contributed by atoms with E-state index in [0.29, 0.717) is 5.69 Å². The zero-order chi connectivity index (χ0) is 17.0. The average Bonchev–Trinajstić information content (AvgIpc) is 2.46. The highest BCUT2D eigenvalue weighted by Gasteiger charge is 2.18. The third-order valence-electron chi connectivity index (χ3n) is 2.73. The molecule has 0 aromatic heterocycles. The number of benzene rings is 2. The molecular formula is C14H12ClFN2O4S. The maximum atomic E-state index is 13.0. The normalized spacial score (nSPS) is 10.9. The van der Waals surface area contributed by atoms with Crippen LogP contribution in [-0.4, -0.2) is 21.6 Å². The van der Waals surface area contributed by atoms with E-state index in [4.69, 9.17) is 11.6 Å². The second kappa shape index (κ2) is 6.84. The van der Waals surface area contributed by atoms with Gasteiger partial charge in [-0.1, -0.05) is 17.7 Å². The smallest absolute Gasteiger partial charge is 0.411 e. The van der Waals surface area contributed by atoms with Gasteiger partial charge in [-0.3, -0.25) is 10.0 Å². The minimum Gasteiger partial charge on any atom is -0.453 e. The van der Waals surface area contributed by atoms with Crippen molar-refractivity contribution in [2.75, 3.05) is 17.1 Å². The van der Waals surface area contributed by atoms with Gasteiger partial charge in [0.1, 0.15) is 10.7 Å². The number of hydrogen-bond donors (Lipinski definition) is 2. The Bertz CT molecular complexity index is 842. The lowest BCUT2D eigenvalue weighted by Gasteiger charge is -2.11. The van der Waals surface area contributed by atoms with Gasteiger partial charge in [0.05, 0.1) is 17.8 Å². The first-order chi connectivity index (χ1) is 10.8. The van der Waals surface area contributed by atoms with Crippen LogP contribution in [0.4, 0.5) is 20.6 Å². The maximum Gasteiger partial charge on any atom is 0.411 e. The van der Waals surface area contributed by atoms with Gasteiger partial charge in [-0.25, -0.2) is 17.6 Å². The molecule has 2 N–H and O–H groups in total. The Morgan fingerprint density at radius 1 is 1.17 bits per heavy atom. The van der Waals surface area contributed by atoms with Crippen LogP contribution in [-0.2, 0) is 14.8 Å². The number of methoxy groups -OCH3 is 1. The van der Waals surface area contributed by atoms with E-state index in [2.05, 4.69) is 14.8 Å². The number of carbonyl (C=O) groups excluding carboxylic acids is 1. The molecule has 0 fully saturated rings. The maximum absolute atomic E-state index is 13.0. The molecule has 6 nitrogen and oxygen atoms in total. The molecule has 0 bridgehead atoms. The fourth-order valence-electron chi connectivity index (χ4n) is 1.73. The summed E-state index contributed by atoms with van der Waals surface area (Å²) in [7, 11) is -2.80. The lowest BCUT2D eigenvalue weighted by Crippen LogP contribution is -2.14. The summed E-state index contributed by atoms with van der Waals surface area (Å²) in [5, 5.41) is 2.17. The number of ether oxygens (including phenoxy) is 1. The molecular weight excluding hydrogens is 347 g/mol. The zero-order valence-corrected chi connectivity index (χ0v) is 13.4. The number of carbonyl (C=O) groups is 1. The molecule has 2 rings (SSSR count). The van der Waals surface area contributed by atoms with Crippen molar-refractivity contribution in [3.8, 4) is 0 Å². The van der Waals surface area contributed by atoms with E-state index < -0.39 is 21.9 Å². The van der Waals surface area contributed by atoms with Gasteiger partial charge in [0.2, 0.25) is 0 Å². The van der Waals surface area contributed by atoms with Gasteiger partial charge < -0.3 is 4.74 Å². The Labute approximate surface area is 137 Å². The second-order valence-electron chi connectivity index (χ2n) is 4.38. The summed E-state index contributed by atoms with van der Waals surface area (Å²) < 4.78 is 44.4. The van der Waals surface area contributed by atoms with Crippen molar-refractivity contribution in [3.05, 3.63) is 53.3 Å². The molecule has 122 valence electrons. The SMILES string of the molecule is COC(=O)Nc1cccc(NS(=O)(=O)c2ccc(F)cc2Cl)c1. The van der Waals surface area contributed by atoms with Crippen LogP contribution < -0.4 is 10.0 Å². The molecule has 0 aliphatic carbocycles. The number of sulfonamides is 1. The predicted molar refractivity (Wildman–Crippen MR) is 84.7 cm³/mol. The standard InChI is InChI=1S/C14H12ClFN2O4S/c1-22-14(19)17-10-3-2-4-11(8-10)18-23(20,21)13-6-5-9(16)7-12(13)15/h2-8,18H,1H3,(H,17,19). The minimum atomic E-state index is -4.00. The minimum absolute atomic E-state index is 0.194. The van der Waals surface area contributed by atoms with E-state index in [1.54, 1.807) is 6.07 Å². The molecule has 0 heterocycles. The Morgan fingerprint density at radius 2 is 1.87 bits per heavy atom. The van der Waals surface area contributed by atoms with Gasteiger partial charge in [-0.2, -0.15) is 0 Å². The van der Waals surface area contributed by atoms with Crippen molar-refractivity contribution < 1.29 is 22.3 Å². The predicted octanol–water partition coefficient (Wildman–Crippen LogP) is 3.46. The second-order valence-corrected chi connectivity index (χ2v) is 6.44. The number of hydrogen-bond acceptors (Lipinski definition) is 4. The molecule has 2 aromatic carbocycles. The molecule has 0 unspecified atom stereocenters. The molecule has 1 amide bonds. The monoisotopic (exact) mass is 358 g/mol. The van der Waals surface area contributed by atoms with E-state index in [1.807, 2.05) is 0 Å². The van der Waals surface area contributed by atoms with Gasteiger partial charge >= 0.3 is 6.09 Å². The van der Waals surface area contributed by atoms with Gasteiger partial charge in [0, 0.05) is 5.69 Å². The number of halogens is 2. The van der Waals surface area contributed by atoms with Crippen molar-refractivity contribution in [2.45, 2.75) is 4.90 Å². The van der Waals surface area contributed by atoms with Crippen LogP contribution in [0.1, 0.15) is 0 Å². The Balaban J connectivity index is 2.27. The van der Waals surface area contributed by atoms with Crippen molar-refractivity contribution in [3.63, 3.8) is 0 Å². The number of nitrogens with one attached hydrogen (secondary N) is 2. The Morgan fingerprint density at radius 3 is 2.52 bits per heavy atom. The highest BCUT2D eigenvalue weighted by atomic mass is 35.5. The van der Waals surface area contributed by atoms with Crippen LogP contribution in [0.2, 0.25) is 5.02 Å². The summed E-state index contributed by atoms with van der Waals surface area (Å²) in [5.74, 6) is -0.641. The molecule has 0 saturated heterocycles. The van der Waals surface area contributed by atoms with E-state index in [9.17, 15) is 17.6 Å². The highest BCUT2D eigenvalue weighted by molar-refractivity contribution is 7.92. The highest BCUT2D eigenvalue weighted by Crippen LogP contribution is 2.25. The summed E-state index contributed by atoms with van der Waals surface area (Å²) in [6.45, 7) is 0. The first-order valence-electron chi connectivity index (χ1n) is 6.25. The molecule has 2 aromatic rings. The van der Waals surface area contributed by atoms with Crippen LogP contribution in [0.5, 0.6) is 0 Å². The van der Waals surface area contributed by atoms with Crippen LogP contribution in [0.3, 0.4) is 0 Å². The average molecular weight is 359 g/mol. The third kappa shape index (κ3) is 4.33. The molecule has 0 spiro atoms. The topological polar surface area (TPSA) is 84.5 Å². The largest absolute Gasteiger partial charge is 0.453 e. The summed E-state index contributed by atoms with van der Waals surface area (Å²) in [5.41, 5.74) is 0.529. The molecule has 0 saturated carbocycles. The summed E-state index contributed by atoms with van der Waals surface area (Å²) in [4.78, 5) is 10.9. The van der Waals surface area contributed by atoms with Crippen LogP contribution in [0.15, 0.2) is 47.4 Å². The summed E-state index contributed by atoms with van der Waals surface area (Å²) in [6.07, 6.45) is -0.688. The van der Waals surface area contributed by atoms with Crippen molar-refractivity contribution in [1.82, 2.24) is 0 Å². The number of rotatable bonds is 4. The van der Waals surface area contributed by atoms with E-state index in [1.165, 1.54) is 25.3 Å². The quantitative estimate of drug-likeness (QED) is 0.876. The zero-order valence-electron chi connectivity index (χ0n) is 11.8. The molecule has 0 aliphatic rings. The number of amides is 1. The van der Waals surface area contributed by atoms with Crippen LogP contribution in [0, 0.1) is 5.82 Å². The van der Waals surface area contributed by atoms with E-state index in [0.717, 1.165) is 18.2 Å². The first-order valence-corrected chi connectivity index (χ1v) is 8.11. The lowest BCUT2D eigenvalue weighted by atomic mass is 10.3. The lowest BCUT2D eigenvalue weighted by molar-refractivity contribution is 0.187. The Kier molecular flexibility index (Phi) is 5.07.